The highest BCUT2D eigenvalue weighted by atomic mass is 35.5. The number of benzene rings is 1. The Hall–Kier alpha value is -1.53. The van der Waals surface area contributed by atoms with Gasteiger partial charge >= 0.3 is 0 Å². The van der Waals surface area contributed by atoms with Crippen LogP contribution < -0.4 is 4.72 Å². The highest BCUT2D eigenvalue weighted by Crippen LogP contribution is 2.28. The number of sulfonamides is 1. The molecule has 5 nitrogen and oxygen atoms in total. The number of halogens is 1. The number of anilines is 1. The second-order valence-electron chi connectivity index (χ2n) is 3.54. The zero-order valence-corrected chi connectivity index (χ0v) is 11.1. The molecule has 1 N–H and O–H groups in total. The van der Waals surface area contributed by atoms with Crippen molar-refractivity contribution in [1.82, 2.24) is 5.16 Å². The van der Waals surface area contributed by atoms with Gasteiger partial charge in [-0.15, -0.1) is 0 Å². The fourth-order valence-corrected chi connectivity index (χ4v) is 2.70. The van der Waals surface area contributed by atoms with Crippen LogP contribution in [0.4, 0.5) is 5.88 Å². The molecule has 0 aliphatic rings. The van der Waals surface area contributed by atoms with Gasteiger partial charge in [0.05, 0.1) is 4.90 Å². The van der Waals surface area contributed by atoms with Crippen LogP contribution in [0, 0.1) is 0 Å². The summed E-state index contributed by atoms with van der Waals surface area (Å²) in [6, 6.07) is 7.96. The van der Waals surface area contributed by atoms with Gasteiger partial charge in [0.15, 0.2) is 0 Å². The first-order valence-electron chi connectivity index (χ1n) is 5.26. The second-order valence-corrected chi connectivity index (χ2v) is 5.60. The number of rotatable bonds is 4. The van der Waals surface area contributed by atoms with Crippen LogP contribution in [-0.2, 0) is 16.4 Å². The van der Waals surface area contributed by atoms with Crippen molar-refractivity contribution >= 4 is 27.5 Å². The molecular formula is C11H11ClN2O3S. The summed E-state index contributed by atoms with van der Waals surface area (Å²) in [7, 11) is -3.70. The van der Waals surface area contributed by atoms with Crippen LogP contribution in [0.25, 0.3) is 0 Å². The Morgan fingerprint density at radius 1 is 1.33 bits per heavy atom. The fraction of sp³-hybridized carbons (Fsp3) is 0.182. The van der Waals surface area contributed by atoms with E-state index < -0.39 is 10.0 Å². The first-order valence-corrected chi connectivity index (χ1v) is 7.12. The largest absolute Gasteiger partial charge is 0.336 e. The molecule has 0 amide bonds. The van der Waals surface area contributed by atoms with Crippen molar-refractivity contribution in [3.05, 3.63) is 41.0 Å². The van der Waals surface area contributed by atoms with Crippen molar-refractivity contribution in [3.63, 3.8) is 0 Å². The molecule has 0 aliphatic carbocycles. The maximum atomic E-state index is 12.0. The number of nitrogens with one attached hydrogen (secondary N) is 1. The molecule has 1 aromatic heterocycles. The number of aryl methyl sites for hydroxylation is 1. The molecule has 0 radical (unpaired) electrons. The summed E-state index contributed by atoms with van der Waals surface area (Å²) in [6.07, 6.45) is 0.565. The molecule has 0 fully saturated rings. The molecule has 0 saturated heterocycles. The third-order valence-corrected chi connectivity index (χ3v) is 4.05. The van der Waals surface area contributed by atoms with Gasteiger partial charge in [-0.1, -0.05) is 41.9 Å². The smallest absolute Gasteiger partial charge is 0.264 e. The average molecular weight is 287 g/mol. The van der Waals surface area contributed by atoms with E-state index in [1.165, 1.54) is 12.1 Å². The number of nitrogens with zero attached hydrogens (tertiary/aromatic N) is 1. The summed E-state index contributed by atoms with van der Waals surface area (Å²) in [5.74, 6) is -0.0580. The monoisotopic (exact) mass is 286 g/mol. The van der Waals surface area contributed by atoms with Crippen LogP contribution >= 0.6 is 11.6 Å². The summed E-state index contributed by atoms with van der Waals surface area (Å²) in [5.41, 5.74) is 0.516. The van der Waals surface area contributed by atoms with Crippen molar-refractivity contribution in [2.75, 3.05) is 4.72 Å². The third kappa shape index (κ3) is 2.49. The summed E-state index contributed by atoms with van der Waals surface area (Å²) in [4.78, 5) is 0.135. The predicted octanol–water partition coefficient (Wildman–Crippen LogP) is 2.69. The molecule has 0 spiro atoms. The Bertz CT molecular complexity index is 638. The first kappa shape index (κ1) is 12.9. The maximum Gasteiger partial charge on any atom is 0.264 e. The zero-order valence-electron chi connectivity index (χ0n) is 9.55. The Morgan fingerprint density at radius 2 is 2.00 bits per heavy atom. The normalized spacial score (nSPS) is 11.4. The molecule has 96 valence electrons. The van der Waals surface area contributed by atoms with E-state index in [1.54, 1.807) is 18.2 Å². The third-order valence-electron chi connectivity index (χ3n) is 2.32. The van der Waals surface area contributed by atoms with Gasteiger partial charge in [-0.05, 0) is 18.6 Å². The van der Waals surface area contributed by atoms with Gasteiger partial charge in [0.1, 0.15) is 10.7 Å². The lowest BCUT2D eigenvalue weighted by atomic mass is 10.3. The highest BCUT2D eigenvalue weighted by Gasteiger charge is 2.20. The average Bonchev–Trinajstić information content (AvgIpc) is 2.71. The van der Waals surface area contributed by atoms with Crippen LogP contribution in [0.15, 0.2) is 39.8 Å². The highest BCUT2D eigenvalue weighted by molar-refractivity contribution is 7.92. The summed E-state index contributed by atoms with van der Waals surface area (Å²) < 4.78 is 31.1. The Kier molecular flexibility index (Phi) is 3.58. The van der Waals surface area contributed by atoms with Gasteiger partial charge in [0.25, 0.3) is 15.9 Å². The van der Waals surface area contributed by atoms with E-state index in [1.807, 2.05) is 6.92 Å². The second kappa shape index (κ2) is 4.99. The van der Waals surface area contributed by atoms with E-state index in [9.17, 15) is 8.42 Å². The fourth-order valence-electron chi connectivity index (χ4n) is 1.38. The quantitative estimate of drug-likeness (QED) is 0.938. The molecule has 0 saturated carbocycles. The van der Waals surface area contributed by atoms with E-state index in [2.05, 4.69) is 9.88 Å². The van der Waals surface area contributed by atoms with E-state index in [0.717, 1.165) is 0 Å². The van der Waals surface area contributed by atoms with Crippen LogP contribution in [0.1, 0.15) is 12.6 Å². The van der Waals surface area contributed by atoms with Gasteiger partial charge < -0.3 is 4.52 Å². The first-order chi connectivity index (χ1) is 8.54. The topological polar surface area (TPSA) is 72.2 Å². The molecule has 0 aliphatic heterocycles. The molecule has 1 heterocycles. The summed E-state index contributed by atoms with van der Waals surface area (Å²) in [5, 5.41) is 3.87. The van der Waals surface area contributed by atoms with Crippen molar-refractivity contribution in [2.24, 2.45) is 0 Å². The SMILES string of the molecule is CCc1noc(NS(=O)(=O)c2ccccc2)c1Cl. The van der Waals surface area contributed by atoms with Crippen LogP contribution in [0.2, 0.25) is 5.02 Å². The lowest BCUT2D eigenvalue weighted by molar-refractivity contribution is 0.427. The van der Waals surface area contributed by atoms with E-state index in [-0.39, 0.29) is 15.8 Å². The number of hydrogen-bond donors (Lipinski definition) is 1. The standard InChI is InChI=1S/C11H11ClN2O3S/c1-2-9-10(12)11(17-13-9)14-18(15,16)8-6-4-3-5-7-8/h3-7,14H,2H2,1H3. The van der Waals surface area contributed by atoms with Crippen molar-refractivity contribution < 1.29 is 12.9 Å². The summed E-state index contributed by atoms with van der Waals surface area (Å²) >= 11 is 5.93. The molecule has 1 aromatic carbocycles. The van der Waals surface area contributed by atoms with Gasteiger partial charge in [-0.3, -0.25) is 0 Å². The Morgan fingerprint density at radius 3 is 2.56 bits per heavy atom. The van der Waals surface area contributed by atoms with E-state index in [0.29, 0.717) is 12.1 Å². The van der Waals surface area contributed by atoms with Gasteiger partial charge in [-0.25, -0.2) is 13.1 Å². The number of aromatic nitrogens is 1. The molecule has 7 heteroatoms. The Balaban J connectivity index is 2.31. The lowest BCUT2D eigenvalue weighted by Gasteiger charge is -2.04. The van der Waals surface area contributed by atoms with E-state index >= 15 is 0 Å². The molecule has 0 unspecified atom stereocenters. The predicted molar refractivity (Wildman–Crippen MR) is 68.1 cm³/mol. The van der Waals surface area contributed by atoms with Crippen molar-refractivity contribution in [2.45, 2.75) is 18.2 Å². The van der Waals surface area contributed by atoms with Crippen molar-refractivity contribution in [1.29, 1.82) is 0 Å². The number of hydrogen-bond acceptors (Lipinski definition) is 4. The molecule has 0 atom stereocenters. The zero-order chi connectivity index (χ0) is 13.2. The van der Waals surface area contributed by atoms with Crippen LogP contribution in [-0.4, -0.2) is 13.6 Å². The summed E-state index contributed by atoms with van der Waals surface area (Å²) in [6.45, 7) is 1.85. The molecular weight excluding hydrogens is 276 g/mol. The minimum absolute atomic E-state index is 0.0580. The van der Waals surface area contributed by atoms with Gasteiger partial charge in [0, 0.05) is 0 Å². The molecule has 2 aromatic rings. The molecule has 18 heavy (non-hydrogen) atoms. The Labute approximate surface area is 110 Å². The lowest BCUT2D eigenvalue weighted by Crippen LogP contribution is -2.12. The van der Waals surface area contributed by atoms with Crippen LogP contribution in [0.5, 0.6) is 0 Å². The minimum Gasteiger partial charge on any atom is -0.336 e. The molecule has 0 bridgehead atoms. The maximum absolute atomic E-state index is 12.0. The van der Waals surface area contributed by atoms with E-state index in [4.69, 9.17) is 16.1 Å². The molecule has 2 rings (SSSR count). The van der Waals surface area contributed by atoms with Gasteiger partial charge in [0.2, 0.25) is 0 Å². The van der Waals surface area contributed by atoms with Gasteiger partial charge in [-0.2, -0.15) is 0 Å². The minimum atomic E-state index is -3.70. The van der Waals surface area contributed by atoms with Crippen molar-refractivity contribution in [3.8, 4) is 0 Å². The van der Waals surface area contributed by atoms with Crippen LogP contribution in [0.3, 0.4) is 0 Å².